The van der Waals surface area contributed by atoms with E-state index in [4.69, 9.17) is 9.47 Å². The molecular weight excluding hydrogens is 314 g/mol. The van der Waals surface area contributed by atoms with Crippen LogP contribution in [-0.4, -0.2) is 30.1 Å². The van der Waals surface area contributed by atoms with Crippen LogP contribution < -0.4 is 4.74 Å². The summed E-state index contributed by atoms with van der Waals surface area (Å²) >= 11 is 0. The summed E-state index contributed by atoms with van der Waals surface area (Å²) < 4.78 is 11.3. The Kier molecular flexibility index (Phi) is 4.45. The minimum Gasteiger partial charge on any atom is -0.493 e. The highest BCUT2D eigenvalue weighted by molar-refractivity contribution is 5.76. The van der Waals surface area contributed by atoms with Crippen molar-refractivity contribution in [2.24, 2.45) is 5.92 Å². The standard InChI is InChI=1S/C21H23NO3/c1-2-24-21(23)18-12-16-14-25-19-11-7-6-10-17(19)20(16)22(18)13-15-8-4-3-5-9-15/h3-11,16,18,20H,2,12-14H2,1H3/t16?,18-,20?/m1/s1. The summed E-state index contributed by atoms with van der Waals surface area (Å²) in [6, 6.07) is 18.5. The molecule has 0 spiro atoms. The molecule has 4 rings (SSSR count). The topological polar surface area (TPSA) is 38.8 Å². The van der Waals surface area contributed by atoms with Crippen molar-refractivity contribution < 1.29 is 14.3 Å². The number of ether oxygens (including phenoxy) is 2. The lowest BCUT2D eigenvalue weighted by Gasteiger charge is -2.35. The predicted octanol–water partition coefficient (Wildman–Crippen LogP) is 3.57. The van der Waals surface area contributed by atoms with Crippen molar-refractivity contribution in [1.82, 2.24) is 4.90 Å². The number of hydrogen-bond donors (Lipinski definition) is 0. The second-order valence-corrected chi connectivity index (χ2v) is 6.72. The number of para-hydroxylation sites is 1. The van der Waals surface area contributed by atoms with E-state index in [-0.39, 0.29) is 18.1 Å². The third-order valence-corrected chi connectivity index (χ3v) is 5.19. The average molecular weight is 337 g/mol. The summed E-state index contributed by atoms with van der Waals surface area (Å²) in [7, 11) is 0. The fraction of sp³-hybridized carbons (Fsp3) is 0.381. The Labute approximate surface area is 148 Å². The fourth-order valence-electron chi connectivity index (χ4n) is 4.13. The van der Waals surface area contributed by atoms with Crippen molar-refractivity contribution in [2.45, 2.75) is 32.0 Å². The summed E-state index contributed by atoms with van der Waals surface area (Å²) in [4.78, 5) is 14.9. The molecule has 0 radical (unpaired) electrons. The van der Waals surface area contributed by atoms with E-state index in [1.165, 1.54) is 11.1 Å². The molecule has 2 aromatic rings. The van der Waals surface area contributed by atoms with Gasteiger partial charge in [-0.3, -0.25) is 9.69 Å². The van der Waals surface area contributed by atoms with Gasteiger partial charge in [0.1, 0.15) is 11.8 Å². The molecule has 4 heteroatoms. The van der Waals surface area contributed by atoms with E-state index >= 15 is 0 Å². The number of benzene rings is 2. The first-order chi connectivity index (χ1) is 12.3. The Hall–Kier alpha value is -2.33. The zero-order valence-corrected chi connectivity index (χ0v) is 14.4. The zero-order valence-electron chi connectivity index (χ0n) is 14.4. The van der Waals surface area contributed by atoms with E-state index in [1.807, 2.05) is 43.3 Å². The van der Waals surface area contributed by atoms with Gasteiger partial charge in [0.15, 0.2) is 0 Å². The molecule has 1 saturated heterocycles. The van der Waals surface area contributed by atoms with Crippen molar-refractivity contribution >= 4 is 5.97 Å². The van der Waals surface area contributed by atoms with Crippen LogP contribution in [-0.2, 0) is 16.1 Å². The molecule has 130 valence electrons. The van der Waals surface area contributed by atoms with Gasteiger partial charge in [-0.25, -0.2) is 0 Å². The maximum atomic E-state index is 12.6. The van der Waals surface area contributed by atoms with Gasteiger partial charge in [-0.1, -0.05) is 48.5 Å². The van der Waals surface area contributed by atoms with Crippen LogP contribution in [0.15, 0.2) is 54.6 Å². The van der Waals surface area contributed by atoms with Crippen LogP contribution in [0.1, 0.15) is 30.5 Å². The highest BCUT2D eigenvalue weighted by atomic mass is 16.5. The number of esters is 1. The van der Waals surface area contributed by atoms with Gasteiger partial charge in [0.25, 0.3) is 0 Å². The van der Waals surface area contributed by atoms with Gasteiger partial charge in [-0.2, -0.15) is 0 Å². The first-order valence-electron chi connectivity index (χ1n) is 8.96. The first kappa shape index (κ1) is 16.2. The molecule has 0 saturated carbocycles. The second-order valence-electron chi connectivity index (χ2n) is 6.72. The summed E-state index contributed by atoms with van der Waals surface area (Å²) in [5.41, 5.74) is 2.39. The minimum atomic E-state index is -0.218. The van der Waals surface area contributed by atoms with Crippen molar-refractivity contribution in [3.63, 3.8) is 0 Å². The summed E-state index contributed by atoms with van der Waals surface area (Å²) in [6.45, 7) is 3.67. The number of nitrogens with zero attached hydrogens (tertiary/aromatic N) is 1. The van der Waals surface area contributed by atoms with Crippen LogP contribution in [0.4, 0.5) is 0 Å². The molecule has 0 amide bonds. The SMILES string of the molecule is CCOC(=O)[C@H]1CC2COc3ccccc3C2N1Cc1ccccc1. The van der Waals surface area contributed by atoms with Crippen LogP contribution in [0.3, 0.4) is 0 Å². The molecular formula is C21H23NO3. The van der Waals surface area contributed by atoms with Crippen LogP contribution in [0.2, 0.25) is 0 Å². The molecule has 0 bridgehead atoms. The normalized spacial score (nSPS) is 24.9. The number of rotatable bonds is 4. The quantitative estimate of drug-likeness (QED) is 0.800. The van der Waals surface area contributed by atoms with E-state index < -0.39 is 0 Å². The van der Waals surface area contributed by atoms with Gasteiger partial charge in [-0.15, -0.1) is 0 Å². The monoisotopic (exact) mass is 337 g/mol. The van der Waals surface area contributed by atoms with Gasteiger partial charge in [0.2, 0.25) is 0 Å². The molecule has 4 nitrogen and oxygen atoms in total. The molecule has 1 fully saturated rings. The number of carbonyl (C=O) groups is 1. The van der Waals surface area contributed by atoms with Crippen LogP contribution in [0, 0.1) is 5.92 Å². The smallest absolute Gasteiger partial charge is 0.323 e. The zero-order chi connectivity index (χ0) is 17.2. The molecule has 0 aliphatic carbocycles. The van der Waals surface area contributed by atoms with Crippen molar-refractivity contribution in [2.75, 3.05) is 13.2 Å². The molecule has 2 aliphatic heterocycles. The molecule has 2 heterocycles. The third kappa shape index (κ3) is 3.02. The highest BCUT2D eigenvalue weighted by Crippen LogP contribution is 2.48. The molecule has 3 atom stereocenters. The number of carbonyl (C=O) groups excluding carboxylic acids is 1. The fourth-order valence-corrected chi connectivity index (χ4v) is 4.13. The molecule has 2 aromatic carbocycles. The maximum Gasteiger partial charge on any atom is 0.323 e. The summed E-state index contributed by atoms with van der Waals surface area (Å²) in [6.07, 6.45) is 0.782. The Bertz CT molecular complexity index is 746. The Morgan fingerprint density at radius 3 is 2.72 bits per heavy atom. The van der Waals surface area contributed by atoms with E-state index in [2.05, 4.69) is 23.1 Å². The maximum absolute atomic E-state index is 12.6. The largest absolute Gasteiger partial charge is 0.493 e. The Morgan fingerprint density at radius 1 is 1.16 bits per heavy atom. The molecule has 25 heavy (non-hydrogen) atoms. The van der Waals surface area contributed by atoms with Crippen LogP contribution in [0.25, 0.3) is 0 Å². The van der Waals surface area contributed by atoms with Gasteiger partial charge in [0.05, 0.1) is 13.2 Å². The number of likely N-dealkylation sites (tertiary alicyclic amines) is 1. The van der Waals surface area contributed by atoms with Gasteiger partial charge in [0, 0.05) is 24.1 Å². The Balaban J connectivity index is 1.70. The van der Waals surface area contributed by atoms with Gasteiger partial charge in [-0.05, 0) is 25.0 Å². The lowest BCUT2D eigenvalue weighted by molar-refractivity contribution is -0.149. The Morgan fingerprint density at radius 2 is 1.92 bits per heavy atom. The van der Waals surface area contributed by atoms with Crippen LogP contribution >= 0.6 is 0 Å². The van der Waals surface area contributed by atoms with Gasteiger partial charge < -0.3 is 9.47 Å². The van der Waals surface area contributed by atoms with Crippen LogP contribution in [0.5, 0.6) is 5.75 Å². The van der Waals surface area contributed by atoms with E-state index in [1.54, 1.807) is 0 Å². The lowest BCUT2D eigenvalue weighted by atomic mass is 9.91. The summed E-state index contributed by atoms with van der Waals surface area (Å²) in [5, 5.41) is 0. The van der Waals surface area contributed by atoms with E-state index in [9.17, 15) is 4.79 Å². The molecule has 0 N–H and O–H groups in total. The lowest BCUT2D eigenvalue weighted by Crippen LogP contribution is -2.39. The minimum absolute atomic E-state index is 0.120. The summed E-state index contributed by atoms with van der Waals surface area (Å²) in [5.74, 6) is 1.13. The molecule has 2 aliphatic rings. The van der Waals surface area contributed by atoms with Crippen molar-refractivity contribution in [1.29, 1.82) is 0 Å². The highest BCUT2D eigenvalue weighted by Gasteiger charge is 2.48. The average Bonchev–Trinajstić information content (AvgIpc) is 3.02. The first-order valence-corrected chi connectivity index (χ1v) is 8.96. The van der Waals surface area contributed by atoms with E-state index in [0.717, 1.165) is 18.7 Å². The number of hydrogen-bond acceptors (Lipinski definition) is 4. The molecule has 2 unspecified atom stereocenters. The molecule has 0 aromatic heterocycles. The van der Waals surface area contributed by atoms with Crippen molar-refractivity contribution in [3.05, 3.63) is 65.7 Å². The van der Waals surface area contributed by atoms with Crippen molar-refractivity contribution in [3.8, 4) is 5.75 Å². The third-order valence-electron chi connectivity index (χ3n) is 5.19. The predicted molar refractivity (Wildman–Crippen MR) is 95.2 cm³/mol. The second kappa shape index (κ2) is 6.89. The van der Waals surface area contributed by atoms with Gasteiger partial charge >= 0.3 is 5.97 Å². The van der Waals surface area contributed by atoms with E-state index in [0.29, 0.717) is 19.1 Å². The number of fused-ring (bicyclic) bond motifs is 3.